The van der Waals surface area contributed by atoms with Crippen LogP contribution in [0.1, 0.15) is 13.8 Å². The third kappa shape index (κ3) is 8.44. The van der Waals surface area contributed by atoms with Crippen LogP contribution >= 0.6 is 0 Å². The van der Waals surface area contributed by atoms with Crippen LogP contribution in [0.2, 0.25) is 0 Å². The van der Waals surface area contributed by atoms with E-state index in [0.29, 0.717) is 13.2 Å². The second kappa shape index (κ2) is 9.40. The highest BCUT2D eigenvalue weighted by Gasteiger charge is 2.06. The molecule has 0 spiro atoms. The van der Waals surface area contributed by atoms with Crippen molar-refractivity contribution in [3.05, 3.63) is 0 Å². The van der Waals surface area contributed by atoms with Gasteiger partial charge in [-0.15, -0.1) is 0 Å². The van der Waals surface area contributed by atoms with Crippen LogP contribution in [0.25, 0.3) is 0 Å². The lowest BCUT2D eigenvalue weighted by atomic mass is 10.5. The fourth-order valence-corrected chi connectivity index (χ4v) is 1.06. The minimum Gasteiger partial charge on any atom is -0.352 e. The summed E-state index contributed by atoms with van der Waals surface area (Å²) in [5, 5.41) is 3.29. The van der Waals surface area contributed by atoms with Crippen molar-refractivity contribution in [3.8, 4) is 0 Å². The maximum absolute atomic E-state index is 5.39. The van der Waals surface area contributed by atoms with Gasteiger partial charge in [0.2, 0.25) is 0 Å². The van der Waals surface area contributed by atoms with Gasteiger partial charge in [-0.25, -0.2) is 0 Å². The van der Waals surface area contributed by atoms with E-state index in [1.54, 1.807) is 0 Å². The van der Waals surface area contributed by atoms with E-state index in [1.165, 1.54) is 0 Å². The minimum absolute atomic E-state index is 0.104. The highest BCUT2D eigenvalue weighted by molar-refractivity contribution is 4.53. The van der Waals surface area contributed by atoms with Crippen molar-refractivity contribution in [1.82, 2.24) is 10.2 Å². The fourth-order valence-electron chi connectivity index (χ4n) is 1.06. The summed E-state index contributed by atoms with van der Waals surface area (Å²) in [7, 11) is 4.12. The van der Waals surface area contributed by atoms with Gasteiger partial charge in [-0.2, -0.15) is 0 Å². The van der Waals surface area contributed by atoms with Gasteiger partial charge in [0.25, 0.3) is 0 Å². The zero-order valence-electron chi connectivity index (χ0n) is 9.88. The van der Waals surface area contributed by atoms with Gasteiger partial charge in [-0.1, -0.05) is 0 Å². The Balaban J connectivity index is 3.40. The predicted molar refractivity (Wildman–Crippen MR) is 58.5 cm³/mol. The first kappa shape index (κ1) is 13.8. The maximum atomic E-state index is 5.39. The largest absolute Gasteiger partial charge is 0.352 e. The summed E-state index contributed by atoms with van der Waals surface area (Å²) >= 11 is 0. The van der Waals surface area contributed by atoms with E-state index in [1.807, 2.05) is 13.8 Å². The van der Waals surface area contributed by atoms with Gasteiger partial charge in [0.05, 0.1) is 0 Å². The lowest BCUT2D eigenvalue weighted by molar-refractivity contribution is -0.132. The van der Waals surface area contributed by atoms with Crippen LogP contribution in [0.3, 0.4) is 0 Å². The zero-order valence-corrected chi connectivity index (χ0v) is 9.88. The topological polar surface area (TPSA) is 33.7 Å². The zero-order chi connectivity index (χ0) is 10.8. The average molecular weight is 204 g/mol. The van der Waals surface area contributed by atoms with Crippen molar-refractivity contribution in [3.63, 3.8) is 0 Å². The smallest absolute Gasteiger partial charge is 0.169 e. The second-order valence-corrected chi connectivity index (χ2v) is 3.35. The molecule has 0 aromatic rings. The molecule has 1 N–H and O–H groups in total. The molecule has 0 aromatic carbocycles. The molecule has 0 aliphatic carbocycles. The Bertz CT molecular complexity index is 115. The van der Waals surface area contributed by atoms with E-state index < -0.39 is 0 Å². The number of hydrogen-bond acceptors (Lipinski definition) is 4. The molecule has 4 heteroatoms. The molecular formula is C10H24N2O2. The SMILES string of the molecule is CCOC(CNCCN(C)C)OCC. The molecule has 0 bridgehead atoms. The number of ether oxygens (including phenoxy) is 2. The molecule has 0 fully saturated rings. The van der Waals surface area contributed by atoms with Crippen LogP contribution in [-0.4, -0.2) is 58.1 Å². The molecule has 0 atom stereocenters. The Morgan fingerprint density at radius 2 is 1.71 bits per heavy atom. The van der Waals surface area contributed by atoms with Gasteiger partial charge >= 0.3 is 0 Å². The van der Waals surface area contributed by atoms with Crippen LogP contribution in [0.15, 0.2) is 0 Å². The summed E-state index contributed by atoms with van der Waals surface area (Å²) in [6, 6.07) is 0. The first-order valence-corrected chi connectivity index (χ1v) is 5.29. The van der Waals surface area contributed by atoms with Gasteiger partial charge < -0.3 is 19.7 Å². The second-order valence-electron chi connectivity index (χ2n) is 3.35. The van der Waals surface area contributed by atoms with E-state index in [0.717, 1.165) is 19.6 Å². The summed E-state index contributed by atoms with van der Waals surface area (Å²) in [5.41, 5.74) is 0. The molecule has 4 nitrogen and oxygen atoms in total. The Morgan fingerprint density at radius 3 is 2.14 bits per heavy atom. The van der Waals surface area contributed by atoms with Gasteiger partial charge in [0.1, 0.15) is 0 Å². The lowest BCUT2D eigenvalue weighted by Gasteiger charge is -2.18. The van der Waals surface area contributed by atoms with Crippen molar-refractivity contribution < 1.29 is 9.47 Å². The molecular weight excluding hydrogens is 180 g/mol. The van der Waals surface area contributed by atoms with Crippen molar-refractivity contribution >= 4 is 0 Å². The van der Waals surface area contributed by atoms with Crippen LogP contribution in [0, 0.1) is 0 Å². The molecule has 0 rings (SSSR count). The minimum atomic E-state index is -0.104. The van der Waals surface area contributed by atoms with Crippen molar-refractivity contribution in [2.24, 2.45) is 0 Å². The Labute approximate surface area is 87.6 Å². The molecule has 0 aliphatic rings. The molecule has 86 valence electrons. The molecule has 0 aliphatic heterocycles. The number of hydrogen-bond donors (Lipinski definition) is 1. The normalized spacial score (nSPS) is 11.6. The monoisotopic (exact) mass is 204 g/mol. The molecule has 0 radical (unpaired) electrons. The first-order chi connectivity index (χ1) is 6.70. The Hall–Kier alpha value is -0.160. The number of nitrogens with one attached hydrogen (secondary N) is 1. The predicted octanol–water partition coefficient (Wildman–Crippen LogP) is 0.537. The molecule has 14 heavy (non-hydrogen) atoms. The summed E-state index contributed by atoms with van der Waals surface area (Å²) in [4.78, 5) is 2.14. The average Bonchev–Trinajstić information content (AvgIpc) is 2.12. The third-order valence-corrected chi connectivity index (χ3v) is 1.75. The molecule has 0 saturated heterocycles. The van der Waals surface area contributed by atoms with E-state index in [2.05, 4.69) is 24.3 Å². The highest BCUT2D eigenvalue weighted by Crippen LogP contribution is 1.92. The quantitative estimate of drug-likeness (QED) is 0.439. The van der Waals surface area contributed by atoms with E-state index in [4.69, 9.17) is 9.47 Å². The standard InChI is InChI=1S/C10H24N2O2/c1-5-13-10(14-6-2)9-11-7-8-12(3)4/h10-11H,5-9H2,1-4H3. The van der Waals surface area contributed by atoms with Gasteiger partial charge in [-0.05, 0) is 27.9 Å². The first-order valence-electron chi connectivity index (χ1n) is 5.29. The lowest BCUT2D eigenvalue weighted by Crippen LogP contribution is -2.35. The molecule has 0 aromatic heterocycles. The molecule has 0 saturated carbocycles. The van der Waals surface area contributed by atoms with Crippen molar-refractivity contribution in [2.75, 3.05) is 46.9 Å². The number of nitrogens with zero attached hydrogens (tertiary/aromatic N) is 1. The summed E-state index contributed by atoms with van der Waals surface area (Å²) in [6.07, 6.45) is -0.104. The van der Waals surface area contributed by atoms with Crippen LogP contribution in [-0.2, 0) is 9.47 Å². The molecule has 0 amide bonds. The van der Waals surface area contributed by atoms with Crippen LogP contribution < -0.4 is 5.32 Å². The van der Waals surface area contributed by atoms with Gasteiger partial charge in [0.15, 0.2) is 6.29 Å². The van der Waals surface area contributed by atoms with Crippen LogP contribution in [0.5, 0.6) is 0 Å². The number of likely N-dealkylation sites (N-methyl/N-ethyl adjacent to an activating group) is 1. The highest BCUT2D eigenvalue weighted by atomic mass is 16.7. The Morgan fingerprint density at radius 1 is 1.14 bits per heavy atom. The van der Waals surface area contributed by atoms with E-state index >= 15 is 0 Å². The van der Waals surface area contributed by atoms with Crippen molar-refractivity contribution in [1.29, 1.82) is 0 Å². The Kier molecular flexibility index (Phi) is 9.29. The maximum Gasteiger partial charge on any atom is 0.169 e. The van der Waals surface area contributed by atoms with Gasteiger partial charge in [0, 0.05) is 32.8 Å². The van der Waals surface area contributed by atoms with Crippen LogP contribution in [0.4, 0.5) is 0 Å². The van der Waals surface area contributed by atoms with E-state index in [9.17, 15) is 0 Å². The summed E-state index contributed by atoms with van der Waals surface area (Å²) in [6.45, 7) is 8.10. The summed E-state index contributed by atoms with van der Waals surface area (Å²) < 4.78 is 10.8. The van der Waals surface area contributed by atoms with Gasteiger partial charge in [-0.3, -0.25) is 0 Å². The van der Waals surface area contributed by atoms with E-state index in [-0.39, 0.29) is 6.29 Å². The number of rotatable bonds is 9. The van der Waals surface area contributed by atoms with Crippen molar-refractivity contribution in [2.45, 2.75) is 20.1 Å². The third-order valence-electron chi connectivity index (χ3n) is 1.75. The fraction of sp³-hybridized carbons (Fsp3) is 1.00. The summed E-state index contributed by atoms with van der Waals surface area (Å²) in [5.74, 6) is 0. The molecule has 0 unspecified atom stereocenters. The molecule has 0 heterocycles.